The number of halogens is 1. The molecule has 1 amide bonds. The van der Waals surface area contributed by atoms with Crippen LogP contribution in [0.3, 0.4) is 0 Å². The van der Waals surface area contributed by atoms with Gasteiger partial charge < -0.3 is 14.1 Å². The molecular formula is C17H18FN3O3. The molecule has 0 radical (unpaired) electrons. The molecule has 7 heteroatoms. The number of ether oxygens (including phenoxy) is 1. The normalized spacial score (nSPS) is 17.6. The number of likely N-dealkylation sites (tertiary alicyclic amines) is 1. The van der Waals surface area contributed by atoms with E-state index in [1.165, 1.54) is 12.4 Å². The maximum absolute atomic E-state index is 14.1. The Hall–Kier alpha value is -2.70. The van der Waals surface area contributed by atoms with Crippen LogP contribution in [0.25, 0.3) is 6.08 Å². The molecule has 6 nitrogen and oxygen atoms in total. The third-order valence-corrected chi connectivity index (χ3v) is 3.83. The largest absolute Gasteiger partial charge is 0.470 e. The van der Waals surface area contributed by atoms with E-state index in [0.29, 0.717) is 37.4 Å². The first kappa shape index (κ1) is 16.2. The Morgan fingerprint density at radius 1 is 1.54 bits per heavy atom. The lowest BCUT2D eigenvalue weighted by Crippen LogP contribution is -2.29. The molecule has 0 N–H and O–H groups in total. The number of carbonyl (C=O) groups excluding carboxylic acids is 1. The van der Waals surface area contributed by atoms with Gasteiger partial charge in [0.25, 0.3) is 5.88 Å². The molecule has 1 aliphatic heterocycles. The lowest BCUT2D eigenvalue weighted by molar-refractivity contribution is -0.125. The maximum atomic E-state index is 14.1. The first-order chi connectivity index (χ1) is 11.7. The van der Waals surface area contributed by atoms with Crippen LogP contribution in [0.1, 0.15) is 24.8 Å². The third-order valence-electron chi connectivity index (χ3n) is 3.83. The molecule has 0 spiro atoms. The molecule has 3 heterocycles. The average Bonchev–Trinajstić information content (AvgIpc) is 3.26. The Kier molecular flexibility index (Phi) is 4.88. The van der Waals surface area contributed by atoms with Crippen LogP contribution in [0, 0.1) is 5.82 Å². The monoisotopic (exact) mass is 331 g/mol. The van der Waals surface area contributed by atoms with Gasteiger partial charge in [0.2, 0.25) is 11.7 Å². The molecule has 3 rings (SSSR count). The van der Waals surface area contributed by atoms with Crippen molar-refractivity contribution < 1.29 is 18.3 Å². The van der Waals surface area contributed by atoms with Gasteiger partial charge in [-0.3, -0.25) is 4.79 Å². The summed E-state index contributed by atoms with van der Waals surface area (Å²) < 4.78 is 24.9. The Morgan fingerprint density at radius 2 is 2.42 bits per heavy atom. The van der Waals surface area contributed by atoms with Gasteiger partial charge in [0.05, 0.1) is 18.5 Å². The van der Waals surface area contributed by atoms with Gasteiger partial charge >= 0.3 is 0 Å². The van der Waals surface area contributed by atoms with Crippen LogP contribution < -0.4 is 4.74 Å². The van der Waals surface area contributed by atoms with Crippen molar-refractivity contribution >= 4 is 12.0 Å². The molecule has 2 aromatic heterocycles. The van der Waals surface area contributed by atoms with E-state index < -0.39 is 5.82 Å². The third kappa shape index (κ3) is 3.61. The standard InChI is InChI=1S/C17H18FN3O3/c1-2-14-16(18)17(20-11-19-14)24-13-7-8-21(10-13)15(22)6-5-12-4-3-9-23-12/h3-6,9,11,13H,2,7-8,10H2,1H3/b6-5+/t13-/m1/s1. The second-order valence-corrected chi connectivity index (χ2v) is 5.45. The second kappa shape index (κ2) is 7.25. The Balaban J connectivity index is 1.58. The Bertz CT molecular complexity index is 731. The summed E-state index contributed by atoms with van der Waals surface area (Å²) in [6.45, 7) is 2.77. The highest BCUT2D eigenvalue weighted by molar-refractivity contribution is 5.91. The number of nitrogens with zero attached hydrogens (tertiary/aromatic N) is 3. The lowest BCUT2D eigenvalue weighted by Gasteiger charge is -2.15. The smallest absolute Gasteiger partial charge is 0.254 e. The van der Waals surface area contributed by atoms with Gasteiger partial charge in [-0.15, -0.1) is 0 Å². The van der Waals surface area contributed by atoms with Crippen LogP contribution in [0.2, 0.25) is 0 Å². The molecule has 0 saturated carbocycles. The number of rotatable bonds is 5. The van der Waals surface area contributed by atoms with Crippen LogP contribution in [-0.2, 0) is 11.2 Å². The SMILES string of the molecule is CCc1ncnc(O[C@@H]2CCN(C(=O)/C=C/c3ccco3)C2)c1F. The van der Waals surface area contributed by atoms with Crippen LogP contribution >= 0.6 is 0 Å². The molecule has 2 aromatic rings. The zero-order valence-corrected chi connectivity index (χ0v) is 13.3. The van der Waals surface area contributed by atoms with Crippen molar-refractivity contribution in [3.8, 4) is 5.88 Å². The summed E-state index contributed by atoms with van der Waals surface area (Å²) >= 11 is 0. The summed E-state index contributed by atoms with van der Waals surface area (Å²) in [5.41, 5.74) is 0.326. The summed E-state index contributed by atoms with van der Waals surface area (Å²) in [7, 11) is 0. The van der Waals surface area contributed by atoms with Crippen LogP contribution in [0.15, 0.2) is 35.2 Å². The van der Waals surface area contributed by atoms with E-state index in [9.17, 15) is 9.18 Å². The van der Waals surface area contributed by atoms with Gasteiger partial charge in [0.15, 0.2) is 0 Å². The average molecular weight is 331 g/mol. The van der Waals surface area contributed by atoms with Gasteiger partial charge in [-0.1, -0.05) is 6.92 Å². The molecule has 24 heavy (non-hydrogen) atoms. The van der Waals surface area contributed by atoms with Gasteiger partial charge in [-0.25, -0.2) is 4.98 Å². The van der Waals surface area contributed by atoms with Crippen molar-refractivity contribution in [3.05, 3.63) is 48.1 Å². The Morgan fingerprint density at radius 3 is 3.17 bits per heavy atom. The summed E-state index contributed by atoms with van der Waals surface area (Å²) in [6, 6.07) is 3.52. The number of hydrogen-bond acceptors (Lipinski definition) is 5. The molecule has 0 aliphatic carbocycles. The van der Waals surface area contributed by atoms with Crippen LogP contribution in [-0.4, -0.2) is 40.0 Å². The Labute approximate surface area is 139 Å². The lowest BCUT2D eigenvalue weighted by atomic mass is 10.3. The predicted molar refractivity (Wildman–Crippen MR) is 84.7 cm³/mol. The van der Waals surface area contributed by atoms with E-state index >= 15 is 0 Å². The number of aromatic nitrogens is 2. The van der Waals surface area contributed by atoms with Gasteiger partial charge in [-0.05, 0) is 24.6 Å². The summed E-state index contributed by atoms with van der Waals surface area (Å²) in [5.74, 6) is -0.0878. The second-order valence-electron chi connectivity index (χ2n) is 5.45. The van der Waals surface area contributed by atoms with E-state index in [2.05, 4.69) is 9.97 Å². The van der Waals surface area contributed by atoms with Crippen molar-refractivity contribution in [2.75, 3.05) is 13.1 Å². The zero-order valence-electron chi connectivity index (χ0n) is 13.3. The van der Waals surface area contributed by atoms with Gasteiger partial charge in [-0.2, -0.15) is 9.37 Å². The van der Waals surface area contributed by atoms with E-state index in [1.54, 1.807) is 29.4 Å². The van der Waals surface area contributed by atoms with E-state index in [4.69, 9.17) is 9.15 Å². The van der Waals surface area contributed by atoms with Crippen LogP contribution in [0.4, 0.5) is 4.39 Å². The minimum Gasteiger partial charge on any atom is -0.470 e. The molecule has 0 bridgehead atoms. The summed E-state index contributed by atoms with van der Waals surface area (Å²) in [6.07, 6.45) is 6.74. The van der Waals surface area contributed by atoms with Gasteiger partial charge in [0.1, 0.15) is 18.2 Å². The van der Waals surface area contributed by atoms with E-state index in [0.717, 1.165) is 0 Å². The summed E-state index contributed by atoms with van der Waals surface area (Å²) in [5, 5.41) is 0. The first-order valence-corrected chi connectivity index (χ1v) is 7.84. The minimum atomic E-state index is -0.525. The van der Waals surface area contributed by atoms with Gasteiger partial charge in [0, 0.05) is 19.0 Å². The number of amides is 1. The number of aryl methyl sites for hydroxylation is 1. The number of carbonyl (C=O) groups is 1. The molecule has 126 valence electrons. The molecule has 1 atom stereocenters. The highest BCUT2D eigenvalue weighted by Gasteiger charge is 2.28. The fourth-order valence-corrected chi connectivity index (χ4v) is 2.54. The quantitative estimate of drug-likeness (QED) is 0.787. The number of hydrogen-bond donors (Lipinski definition) is 0. The highest BCUT2D eigenvalue weighted by Crippen LogP contribution is 2.21. The van der Waals surface area contributed by atoms with Crippen molar-refractivity contribution in [3.63, 3.8) is 0 Å². The molecule has 1 saturated heterocycles. The van der Waals surface area contributed by atoms with Crippen molar-refractivity contribution in [2.24, 2.45) is 0 Å². The van der Waals surface area contributed by atoms with Crippen molar-refractivity contribution in [2.45, 2.75) is 25.9 Å². The maximum Gasteiger partial charge on any atom is 0.254 e. The molecular weight excluding hydrogens is 313 g/mol. The predicted octanol–water partition coefficient (Wildman–Crippen LogP) is 2.46. The fourth-order valence-electron chi connectivity index (χ4n) is 2.54. The van der Waals surface area contributed by atoms with Crippen molar-refractivity contribution in [1.29, 1.82) is 0 Å². The topological polar surface area (TPSA) is 68.5 Å². The molecule has 0 aromatic carbocycles. The van der Waals surface area contributed by atoms with Crippen molar-refractivity contribution in [1.82, 2.24) is 14.9 Å². The molecule has 1 aliphatic rings. The first-order valence-electron chi connectivity index (χ1n) is 7.84. The minimum absolute atomic E-state index is 0.0488. The zero-order chi connectivity index (χ0) is 16.9. The fraction of sp³-hybridized carbons (Fsp3) is 0.353. The summed E-state index contributed by atoms with van der Waals surface area (Å²) in [4.78, 5) is 21.5. The number of furan rings is 1. The molecule has 0 unspecified atom stereocenters. The van der Waals surface area contributed by atoms with Crippen LogP contribution in [0.5, 0.6) is 5.88 Å². The van der Waals surface area contributed by atoms with E-state index in [1.807, 2.05) is 6.92 Å². The molecule has 1 fully saturated rings. The van der Waals surface area contributed by atoms with E-state index in [-0.39, 0.29) is 17.9 Å². The highest BCUT2D eigenvalue weighted by atomic mass is 19.1.